The largest absolute Gasteiger partial charge is 0.350 e. The molecule has 20 heavy (non-hydrogen) atoms. The van der Waals surface area contributed by atoms with Gasteiger partial charge in [0.05, 0.1) is 5.02 Å². The molecule has 2 rings (SSSR count). The number of nitrogens with two attached hydrogens (primary N) is 1. The van der Waals surface area contributed by atoms with Crippen LogP contribution in [0.25, 0.3) is 0 Å². The molecule has 0 fully saturated rings. The summed E-state index contributed by atoms with van der Waals surface area (Å²) in [6.45, 7) is 0.249. The van der Waals surface area contributed by atoms with Gasteiger partial charge in [-0.3, -0.25) is 4.79 Å². The number of carbonyl (C=O) groups excluding carboxylic acids is 1. The van der Waals surface area contributed by atoms with E-state index in [1.54, 1.807) is 18.2 Å². The molecule has 2 aromatic carbocycles. The zero-order valence-corrected chi connectivity index (χ0v) is 11.4. The molecule has 0 radical (unpaired) electrons. The van der Waals surface area contributed by atoms with Gasteiger partial charge in [0.1, 0.15) is 11.9 Å². The van der Waals surface area contributed by atoms with Gasteiger partial charge in [-0.05, 0) is 23.3 Å². The van der Waals surface area contributed by atoms with Crippen LogP contribution in [0, 0.1) is 5.82 Å². The van der Waals surface area contributed by atoms with Crippen molar-refractivity contribution in [3.05, 3.63) is 70.5 Å². The number of benzene rings is 2. The van der Waals surface area contributed by atoms with E-state index in [0.717, 1.165) is 5.56 Å². The molecule has 2 aromatic rings. The van der Waals surface area contributed by atoms with Gasteiger partial charge in [-0.15, -0.1) is 0 Å². The predicted octanol–water partition coefficient (Wildman–Crippen LogP) is 2.80. The number of amides is 1. The highest BCUT2D eigenvalue weighted by Gasteiger charge is 2.14. The number of rotatable bonds is 4. The van der Waals surface area contributed by atoms with Crippen molar-refractivity contribution in [1.29, 1.82) is 0 Å². The van der Waals surface area contributed by atoms with Crippen LogP contribution in [-0.4, -0.2) is 5.91 Å². The molecule has 0 aromatic heterocycles. The summed E-state index contributed by atoms with van der Waals surface area (Å²) >= 11 is 5.68. The summed E-state index contributed by atoms with van der Waals surface area (Å²) in [4.78, 5) is 11.9. The van der Waals surface area contributed by atoms with Crippen LogP contribution in [0.15, 0.2) is 48.5 Å². The Morgan fingerprint density at radius 1 is 1.25 bits per heavy atom. The maximum Gasteiger partial charge on any atom is 0.241 e. The molecule has 3 N–H and O–H groups in total. The third kappa shape index (κ3) is 3.56. The van der Waals surface area contributed by atoms with Gasteiger partial charge < -0.3 is 11.1 Å². The Morgan fingerprint density at radius 2 is 1.95 bits per heavy atom. The average molecular weight is 293 g/mol. The Kier molecular flexibility index (Phi) is 4.71. The van der Waals surface area contributed by atoms with Gasteiger partial charge in [-0.1, -0.05) is 48.0 Å². The van der Waals surface area contributed by atoms with E-state index in [2.05, 4.69) is 5.32 Å². The molecule has 3 nitrogen and oxygen atoms in total. The quantitative estimate of drug-likeness (QED) is 0.910. The van der Waals surface area contributed by atoms with Crippen molar-refractivity contribution in [3.63, 3.8) is 0 Å². The first-order valence-corrected chi connectivity index (χ1v) is 6.48. The fraction of sp³-hybridized carbons (Fsp3) is 0.133. The SMILES string of the molecule is N[C@@H](C(=O)NCc1ccc(F)c(Cl)c1)c1ccccc1. The first-order chi connectivity index (χ1) is 9.58. The summed E-state index contributed by atoms with van der Waals surface area (Å²) in [5.41, 5.74) is 7.31. The lowest BCUT2D eigenvalue weighted by Gasteiger charge is -2.12. The van der Waals surface area contributed by atoms with E-state index in [-0.39, 0.29) is 17.5 Å². The molecule has 1 amide bonds. The summed E-state index contributed by atoms with van der Waals surface area (Å²) in [6.07, 6.45) is 0. The Labute approximate surface area is 121 Å². The minimum absolute atomic E-state index is 0.0316. The highest BCUT2D eigenvalue weighted by molar-refractivity contribution is 6.30. The molecule has 0 heterocycles. The van der Waals surface area contributed by atoms with Gasteiger partial charge in [0.25, 0.3) is 0 Å². The summed E-state index contributed by atoms with van der Waals surface area (Å²) in [5, 5.41) is 2.73. The Bertz CT molecular complexity index is 604. The number of hydrogen-bond acceptors (Lipinski definition) is 2. The number of hydrogen-bond donors (Lipinski definition) is 2. The van der Waals surface area contributed by atoms with Crippen LogP contribution in [0.5, 0.6) is 0 Å². The average Bonchev–Trinajstić information content (AvgIpc) is 2.48. The minimum atomic E-state index is -0.730. The van der Waals surface area contributed by atoms with Gasteiger partial charge >= 0.3 is 0 Å². The van der Waals surface area contributed by atoms with Gasteiger partial charge in [0.15, 0.2) is 0 Å². The van der Waals surface area contributed by atoms with E-state index < -0.39 is 11.9 Å². The summed E-state index contributed by atoms with van der Waals surface area (Å²) in [6, 6.07) is 12.7. The van der Waals surface area contributed by atoms with Gasteiger partial charge in [-0.2, -0.15) is 0 Å². The molecule has 5 heteroatoms. The summed E-state index contributed by atoms with van der Waals surface area (Å²) in [7, 11) is 0. The zero-order chi connectivity index (χ0) is 14.5. The Morgan fingerprint density at radius 3 is 2.60 bits per heavy atom. The first-order valence-electron chi connectivity index (χ1n) is 6.10. The van der Waals surface area contributed by atoms with Crippen LogP contribution in [0.2, 0.25) is 5.02 Å². The van der Waals surface area contributed by atoms with Crippen LogP contribution in [0.1, 0.15) is 17.2 Å². The van der Waals surface area contributed by atoms with Crippen molar-refractivity contribution >= 4 is 17.5 Å². The van der Waals surface area contributed by atoms with E-state index in [0.29, 0.717) is 5.56 Å². The highest BCUT2D eigenvalue weighted by Crippen LogP contribution is 2.16. The van der Waals surface area contributed by atoms with Crippen LogP contribution >= 0.6 is 11.6 Å². The van der Waals surface area contributed by atoms with E-state index in [9.17, 15) is 9.18 Å². The molecule has 1 atom stereocenters. The van der Waals surface area contributed by atoms with Gasteiger partial charge in [0, 0.05) is 6.54 Å². The molecule has 0 aliphatic carbocycles. The maximum absolute atomic E-state index is 13.0. The van der Waals surface area contributed by atoms with E-state index in [1.165, 1.54) is 12.1 Å². The molecule has 104 valence electrons. The second-order valence-electron chi connectivity index (χ2n) is 4.35. The summed E-state index contributed by atoms with van der Waals surface area (Å²) < 4.78 is 13.0. The molecule has 0 saturated carbocycles. The van der Waals surface area contributed by atoms with Crippen LogP contribution in [0.4, 0.5) is 4.39 Å². The maximum atomic E-state index is 13.0. The van der Waals surface area contributed by atoms with Crippen LogP contribution < -0.4 is 11.1 Å². The standard InChI is InChI=1S/C15H14ClFN2O/c16-12-8-10(6-7-13(12)17)9-19-15(20)14(18)11-4-2-1-3-5-11/h1-8,14H,9,18H2,(H,19,20)/t14-/m1/s1. The monoisotopic (exact) mass is 292 g/mol. The lowest BCUT2D eigenvalue weighted by molar-refractivity contribution is -0.122. The molecule has 0 spiro atoms. The molecule has 0 aliphatic rings. The van der Waals surface area contributed by atoms with Gasteiger partial charge in [-0.25, -0.2) is 4.39 Å². The lowest BCUT2D eigenvalue weighted by atomic mass is 10.1. The van der Waals surface area contributed by atoms with Crippen molar-refractivity contribution in [2.75, 3.05) is 0 Å². The van der Waals surface area contributed by atoms with Crippen molar-refractivity contribution in [2.24, 2.45) is 5.73 Å². The smallest absolute Gasteiger partial charge is 0.241 e. The Hall–Kier alpha value is -1.91. The fourth-order valence-electron chi connectivity index (χ4n) is 1.76. The molecular weight excluding hydrogens is 279 g/mol. The molecule has 0 aliphatic heterocycles. The topological polar surface area (TPSA) is 55.1 Å². The zero-order valence-electron chi connectivity index (χ0n) is 10.6. The third-order valence-electron chi connectivity index (χ3n) is 2.89. The first kappa shape index (κ1) is 14.5. The molecule has 0 saturated heterocycles. The fourth-order valence-corrected chi connectivity index (χ4v) is 1.96. The molecule has 0 bridgehead atoms. The highest BCUT2D eigenvalue weighted by atomic mass is 35.5. The molecular formula is C15H14ClFN2O. The van der Waals surface area contributed by atoms with Crippen molar-refractivity contribution in [1.82, 2.24) is 5.32 Å². The number of nitrogens with one attached hydrogen (secondary N) is 1. The second-order valence-corrected chi connectivity index (χ2v) is 4.76. The van der Waals surface area contributed by atoms with Crippen LogP contribution in [-0.2, 0) is 11.3 Å². The van der Waals surface area contributed by atoms with Crippen LogP contribution in [0.3, 0.4) is 0 Å². The van der Waals surface area contributed by atoms with Crippen molar-refractivity contribution < 1.29 is 9.18 Å². The number of halogens is 2. The van der Waals surface area contributed by atoms with Crippen molar-refractivity contribution in [2.45, 2.75) is 12.6 Å². The van der Waals surface area contributed by atoms with Gasteiger partial charge in [0.2, 0.25) is 5.91 Å². The third-order valence-corrected chi connectivity index (χ3v) is 3.18. The summed E-state index contributed by atoms with van der Waals surface area (Å²) in [5.74, 6) is -0.778. The lowest BCUT2D eigenvalue weighted by Crippen LogP contribution is -2.33. The minimum Gasteiger partial charge on any atom is -0.350 e. The predicted molar refractivity (Wildman–Crippen MR) is 76.6 cm³/mol. The van der Waals surface area contributed by atoms with E-state index >= 15 is 0 Å². The number of carbonyl (C=O) groups is 1. The van der Waals surface area contributed by atoms with Crippen molar-refractivity contribution in [3.8, 4) is 0 Å². The van der Waals surface area contributed by atoms with E-state index in [1.807, 2.05) is 18.2 Å². The Balaban J connectivity index is 1.96. The van der Waals surface area contributed by atoms with E-state index in [4.69, 9.17) is 17.3 Å². The second kappa shape index (κ2) is 6.50. The normalized spacial score (nSPS) is 11.9. The molecule has 0 unspecified atom stereocenters.